The maximum absolute atomic E-state index is 15.6. The van der Waals surface area contributed by atoms with Crippen molar-refractivity contribution < 1.29 is 17.6 Å². The van der Waals surface area contributed by atoms with Gasteiger partial charge in [-0.15, -0.1) is 0 Å². The average Bonchev–Trinajstić information content (AvgIpc) is 3.15. The molecule has 2 atom stereocenters. The number of aromatic nitrogens is 2. The molecule has 7 heteroatoms. The molecule has 53 heavy (non-hydrogen) atoms. The number of rotatable bonds is 9. The van der Waals surface area contributed by atoms with Crippen molar-refractivity contribution in [3.63, 3.8) is 0 Å². The molecule has 7 rings (SSSR count). The zero-order chi connectivity index (χ0) is 37.3. The number of anilines is 3. The lowest BCUT2D eigenvalue weighted by Gasteiger charge is -2.40. The molecular weight excluding hydrogens is 671 g/mol. The molecule has 0 radical (unpaired) electrons. The van der Waals surface area contributed by atoms with Gasteiger partial charge in [0.25, 0.3) is 0 Å². The summed E-state index contributed by atoms with van der Waals surface area (Å²) in [7, 11) is 0. The van der Waals surface area contributed by atoms with Crippen molar-refractivity contribution in [2.75, 3.05) is 4.90 Å². The Morgan fingerprint density at radius 3 is 1.34 bits per heavy atom. The van der Waals surface area contributed by atoms with E-state index in [4.69, 9.17) is 9.97 Å². The predicted molar refractivity (Wildman–Crippen MR) is 207 cm³/mol. The van der Waals surface area contributed by atoms with Crippen molar-refractivity contribution in [1.29, 1.82) is 0 Å². The number of hydrogen-bond donors (Lipinski definition) is 0. The van der Waals surface area contributed by atoms with Crippen molar-refractivity contribution in [3.8, 4) is 22.5 Å². The summed E-state index contributed by atoms with van der Waals surface area (Å²) in [4.78, 5) is 12.2. The van der Waals surface area contributed by atoms with Crippen LogP contribution in [0, 0.1) is 34.1 Å². The fourth-order valence-corrected chi connectivity index (χ4v) is 8.82. The lowest BCUT2D eigenvalue weighted by molar-refractivity contribution is 0.177. The van der Waals surface area contributed by atoms with Gasteiger partial charge < -0.3 is 0 Å². The summed E-state index contributed by atoms with van der Waals surface area (Å²) < 4.78 is 59.5. The second kappa shape index (κ2) is 15.1. The highest BCUT2D eigenvalue weighted by atomic mass is 19.1. The van der Waals surface area contributed by atoms with Gasteiger partial charge in [0.2, 0.25) is 0 Å². The monoisotopic (exact) mass is 719 g/mol. The van der Waals surface area contributed by atoms with E-state index in [1.807, 2.05) is 47.4 Å². The van der Waals surface area contributed by atoms with E-state index in [9.17, 15) is 8.78 Å². The molecule has 2 aromatic heterocycles. The summed E-state index contributed by atoms with van der Waals surface area (Å²) >= 11 is 0. The van der Waals surface area contributed by atoms with Gasteiger partial charge in [0.05, 0.1) is 11.4 Å². The maximum Gasteiger partial charge on any atom is 0.139 e. The maximum atomic E-state index is 15.6. The minimum atomic E-state index is -0.688. The predicted octanol–water partition coefficient (Wildman–Crippen LogP) is 14.0. The first kappa shape index (κ1) is 36.8. The molecule has 0 N–H and O–H groups in total. The molecule has 3 nitrogen and oxygen atoms in total. The van der Waals surface area contributed by atoms with Crippen LogP contribution in [0.3, 0.4) is 0 Å². The van der Waals surface area contributed by atoms with Crippen LogP contribution in [-0.4, -0.2) is 9.97 Å². The third-order valence-electron chi connectivity index (χ3n) is 12.6. The van der Waals surface area contributed by atoms with E-state index < -0.39 is 23.3 Å². The Balaban J connectivity index is 1.47. The van der Waals surface area contributed by atoms with Gasteiger partial charge in [0.15, 0.2) is 0 Å². The molecule has 2 heterocycles. The molecule has 0 bridgehead atoms. The van der Waals surface area contributed by atoms with Gasteiger partial charge >= 0.3 is 0 Å². The summed E-state index contributed by atoms with van der Waals surface area (Å²) in [5, 5.41) is 0. The lowest BCUT2D eigenvalue weighted by atomic mass is 9.66. The van der Waals surface area contributed by atoms with Crippen LogP contribution in [0.15, 0.2) is 91.0 Å². The van der Waals surface area contributed by atoms with Crippen LogP contribution < -0.4 is 4.90 Å². The van der Waals surface area contributed by atoms with Crippen LogP contribution in [0.25, 0.3) is 22.5 Å². The van der Waals surface area contributed by atoms with E-state index in [-0.39, 0.29) is 33.8 Å². The van der Waals surface area contributed by atoms with E-state index in [2.05, 4.69) is 39.8 Å². The van der Waals surface area contributed by atoms with E-state index in [0.29, 0.717) is 23.0 Å². The Bertz CT molecular complexity index is 1940. The lowest BCUT2D eigenvalue weighted by Crippen LogP contribution is -2.27. The van der Waals surface area contributed by atoms with Crippen LogP contribution >= 0.6 is 0 Å². The molecule has 2 aliphatic rings. The van der Waals surface area contributed by atoms with Crippen LogP contribution in [0.2, 0.25) is 0 Å². The molecule has 2 fully saturated rings. The highest BCUT2D eigenvalue weighted by Crippen LogP contribution is 2.50. The van der Waals surface area contributed by atoms with Gasteiger partial charge in [-0.1, -0.05) is 84.4 Å². The van der Waals surface area contributed by atoms with Crippen LogP contribution in [0.1, 0.15) is 115 Å². The number of para-hydroxylation sites is 1. The largest absolute Gasteiger partial charge is 0.279 e. The number of hydrogen-bond acceptors (Lipinski definition) is 3. The molecule has 0 aliphatic heterocycles. The molecule has 2 unspecified atom stereocenters. The standard InChI is InChI=1S/C46H49F4N3/c1-30(45(3)20-10-6-11-21-45)32-24-41(37-18-16-34(47)28-39(37)49)51-43(26-32)53(36-14-8-5-9-15-36)44-27-33(31(2)46(4)22-12-7-13-23-46)25-42(52-44)38-19-17-35(48)29-40(38)50/h5,8-9,14-19,24-31H,6-7,10-13,20-23H2,1-4H3. The van der Waals surface area contributed by atoms with Gasteiger partial charge in [-0.2, -0.15) is 0 Å². The van der Waals surface area contributed by atoms with Crippen molar-refractivity contribution in [2.24, 2.45) is 10.8 Å². The minimum Gasteiger partial charge on any atom is -0.279 e. The molecule has 276 valence electrons. The van der Waals surface area contributed by atoms with Crippen molar-refractivity contribution in [3.05, 3.63) is 125 Å². The molecular formula is C46H49F4N3. The fraction of sp³-hybridized carbons (Fsp3) is 0.391. The van der Waals surface area contributed by atoms with Gasteiger partial charge in [-0.05, 0) is 120 Å². The topological polar surface area (TPSA) is 29.0 Å². The Morgan fingerprint density at radius 2 is 0.943 bits per heavy atom. The summed E-state index contributed by atoms with van der Waals surface area (Å²) in [6.45, 7) is 9.16. The van der Waals surface area contributed by atoms with Gasteiger partial charge in [0.1, 0.15) is 34.9 Å². The van der Waals surface area contributed by atoms with Crippen molar-refractivity contribution >= 4 is 17.3 Å². The number of pyridine rings is 2. The molecule has 0 spiro atoms. The van der Waals surface area contributed by atoms with E-state index in [0.717, 1.165) is 80.3 Å². The minimum absolute atomic E-state index is 0.0311. The molecule has 2 aliphatic carbocycles. The Labute approximate surface area is 311 Å². The zero-order valence-corrected chi connectivity index (χ0v) is 31.2. The SMILES string of the molecule is CC(c1cc(-c2ccc(F)cc2F)nc(N(c2ccccc2)c2cc(C(C)C3(C)CCCCC3)cc(-c3ccc(F)cc3F)n2)c1)C1(C)CCCCC1. The summed E-state index contributed by atoms with van der Waals surface area (Å²) in [5.41, 5.74) is 4.04. The highest BCUT2D eigenvalue weighted by molar-refractivity contribution is 5.77. The molecule has 3 aromatic carbocycles. The average molecular weight is 720 g/mol. The first-order valence-corrected chi connectivity index (χ1v) is 19.2. The van der Waals surface area contributed by atoms with Crippen LogP contribution in [0.4, 0.5) is 34.9 Å². The number of nitrogens with zero attached hydrogens (tertiary/aromatic N) is 3. The summed E-state index contributed by atoms with van der Waals surface area (Å²) in [6.07, 6.45) is 11.4. The first-order valence-electron chi connectivity index (χ1n) is 19.2. The molecule has 0 amide bonds. The van der Waals surface area contributed by atoms with Crippen molar-refractivity contribution in [1.82, 2.24) is 9.97 Å². The van der Waals surface area contributed by atoms with Gasteiger partial charge in [-0.3, -0.25) is 4.90 Å². The molecule has 5 aromatic rings. The Kier molecular flexibility index (Phi) is 10.5. The molecule has 2 saturated carbocycles. The summed E-state index contributed by atoms with van der Waals surface area (Å²) in [5.74, 6) is -1.43. The highest BCUT2D eigenvalue weighted by Gasteiger charge is 2.36. The second-order valence-electron chi connectivity index (χ2n) is 16.1. The van der Waals surface area contributed by atoms with Crippen LogP contribution in [-0.2, 0) is 0 Å². The quantitative estimate of drug-likeness (QED) is 0.142. The Morgan fingerprint density at radius 1 is 0.528 bits per heavy atom. The number of halogens is 4. The first-order chi connectivity index (χ1) is 25.4. The Hall–Kier alpha value is -4.52. The third-order valence-corrected chi connectivity index (χ3v) is 12.6. The third kappa shape index (κ3) is 7.63. The number of benzene rings is 3. The molecule has 0 saturated heterocycles. The fourth-order valence-electron chi connectivity index (χ4n) is 8.82. The smallest absolute Gasteiger partial charge is 0.139 e. The van der Waals surface area contributed by atoms with E-state index in [1.165, 1.54) is 37.1 Å². The van der Waals surface area contributed by atoms with Gasteiger partial charge in [0, 0.05) is 28.9 Å². The summed E-state index contributed by atoms with van der Waals surface area (Å²) in [6, 6.07) is 25.0. The van der Waals surface area contributed by atoms with Gasteiger partial charge in [-0.25, -0.2) is 27.5 Å². The second-order valence-corrected chi connectivity index (χ2v) is 16.1. The van der Waals surface area contributed by atoms with Crippen LogP contribution in [0.5, 0.6) is 0 Å². The van der Waals surface area contributed by atoms with E-state index >= 15 is 8.78 Å². The zero-order valence-electron chi connectivity index (χ0n) is 31.2. The van der Waals surface area contributed by atoms with Crippen molar-refractivity contribution in [2.45, 2.75) is 104 Å². The normalized spacial score (nSPS) is 18.0. The van der Waals surface area contributed by atoms with E-state index in [1.54, 1.807) is 0 Å².